The number of rotatable bonds is 1. The molecule has 0 aromatic heterocycles. The van der Waals surface area contributed by atoms with Crippen LogP contribution in [0.15, 0.2) is 0 Å². The molecule has 0 bridgehead atoms. The quantitative estimate of drug-likeness (QED) is 0.683. The summed E-state index contributed by atoms with van der Waals surface area (Å²) in [6.07, 6.45) is 1.03. The van der Waals surface area contributed by atoms with Gasteiger partial charge < -0.3 is 14.9 Å². The number of nitrogens with zero attached hydrogens (tertiary/aromatic N) is 2. The van der Waals surface area contributed by atoms with Crippen LogP contribution in [-0.2, 0) is 4.79 Å². The highest BCUT2D eigenvalue weighted by molar-refractivity contribution is 7.99. The van der Waals surface area contributed by atoms with E-state index in [9.17, 15) is 9.59 Å². The molecule has 2 rings (SSSR count). The average molecular weight is 216 g/mol. The van der Waals surface area contributed by atoms with Gasteiger partial charge in [-0.3, -0.25) is 0 Å². The van der Waals surface area contributed by atoms with Crippen molar-refractivity contribution in [2.45, 2.75) is 12.5 Å². The zero-order chi connectivity index (χ0) is 10.1. The molecule has 0 aliphatic carbocycles. The highest BCUT2D eigenvalue weighted by atomic mass is 32.2. The molecule has 0 spiro atoms. The number of carbonyl (C=O) groups is 2. The van der Waals surface area contributed by atoms with Crippen LogP contribution in [0.25, 0.3) is 0 Å². The van der Waals surface area contributed by atoms with E-state index in [0.29, 0.717) is 11.6 Å². The maximum atomic E-state index is 11.7. The number of carbonyl (C=O) groups excluding carboxylic acids is 1. The van der Waals surface area contributed by atoms with Gasteiger partial charge in [-0.2, -0.15) is 0 Å². The number of hydrogen-bond acceptors (Lipinski definition) is 3. The second-order valence-corrected chi connectivity index (χ2v) is 4.45. The Bertz CT molecular complexity index is 267. The van der Waals surface area contributed by atoms with Crippen LogP contribution in [-0.4, -0.2) is 57.7 Å². The largest absolute Gasteiger partial charge is 0.480 e. The standard InChI is InChI=1S/C8H12N2O3S/c11-7(12)6-4-14-5-10(6)8(13)9-2-1-3-9/h6H,1-5H2,(H,11,12). The molecule has 2 aliphatic rings. The smallest absolute Gasteiger partial charge is 0.327 e. The molecule has 2 fully saturated rings. The Morgan fingerprint density at radius 3 is 2.57 bits per heavy atom. The van der Waals surface area contributed by atoms with E-state index in [4.69, 9.17) is 5.11 Å². The van der Waals surface area contributed by atoms with E-state index < -0.39 is 12.0 Å². The van der Waals surface area contributed by atoms with Gasteiger partial charge in [-0.25, -0.2) is 9.59 Å². The van der Waals surface area contributed by atoms with E-state index in [-0.39, 0.29) is 6.03 Å². The summed E-state index contributed by atoms with van der Waals surface area (Å²) < 4.78 is 0. The fourth-order valence-electron chi connectivity index (χ4n) is 1.52. The lowest BCUT2D eigenvalue weighted by Gasteiger charge is -2.35. The maximum absolute atomic E-state index is 11.7. The number of aliphatic carboxylic acids is 1. The summed E-state index contributed by atoms with van der Waals surface area (Å²) in [6, 6.07) is -0.748. The lowest BCUT2D eigenvalue weighted by Crippen LogP contribution is -2.53. The molecule has 6 heteroatoms. The lowest BCUT2D eigenvalue weighted by molar-refractivity contribution is -0.141. The second-order valence-electron chi connectivity index (χ2n) is 3.45. The topological polar surface area (TPSA) is 60.9 Å². The van der Waals surface area contributed by atoms with Crippen molar-refractivity contribution in [2.75, 3.05) is 24.7 Å². The molecular formula is C8H12N2O3S. The molecule has 14 heavy (non-hydrogen) atoms. The predicted octanol–water partition coefficient (Wildman–Crippen LogP) is 0.272. The van der Waals surface area contributed by atoms with Crippen LogP contribution in [0, 0.1) is 0 Å². The molecule has 2 saturated heterocycles. The minimum Gasteiger partial charge on any atom is -0.480 e. The molecule has 0 aromatic carbocycles. The van der Waals surface area contributed by atoms with Gasteiger partial charge in [-0.05, 0) is 6.42 Å². The third-order valence-electron chi connectivity index (χ3n) is 2.54. The fourth-order valence-corrected chi connectivity index (χ4v) is 2.66. The van der Waals surface area contributed by atoms with E-state index in [1.54, 1.807) is 4.90 Å². The minimum absolute atomic E-state index is 0.117. The zero-order valence-electron chi connectivity index (χ0n) is 7.68. The Labute approximate surface area is 86.0 Å². The van der Waals surface area contributed by atoms with Crippen LogP contribution in [0.3, 0.4) is 0 Å². The number of urea groups is 1. The molecule has 0 saturated carbocycles. The van der Waals surface area contributed by atoms with Crippen molar-refractivity contribution in [1.82, 2.24) is 9.80 Å². The fraction of sp³-hybridized carbons (Fsp3) is 0.750. The Hall–Kier alpha value is -0.910. The summed E-state index contributed by atoms with van der Waals surface area (Å²) in [5.41, 5.74) is 0. The molecule has 78 valence electrons. The van der Waals surface area contributed by atoms with Crippen LogP contribution in [0.1, 0.15) is 6.42 Å². The maximum Gasteiger partial charge on any atom is 0.327 e. The van der Waals surface area contributed by atoms with Crippen LogP contribution in [0.4, 0.5) is 4.79 Å². The van der Waals surface area contributed by atoms with Gasteiger partial charge in [0, 0.05) is 18.8 Å². The van der Waals surface area contributed by atoms with Gasteiger partial charge in [0.1, 0.15) is 6.04 Å². The van der Waals surface area contributed by atoms with Crippen LogP contribution >= 0.6 is 11.8 Å². The lowest BCUT2D eigenvalue weighted by atomic mass is 10.2. The van der Waals surface area contributed by atoms with Gasteiger partial charge in [0.2, 0.25) is 0 Å². The van der Waals surface area contributed by atoms with Gasteiger partial charge in [-0.1, -0.05) is 0 Å². The molecule has 5 nitrogen and oxygen atoms in total. The number of hydrogen-bond donors (Lipinski definition) is 1. The van der Waals surface area contributed by atoms with Crippen molar-refractivity contribution in [1.29, 1.82) is 0 Å². The molecule has 1 atom stereocenters. The van der Waals surface area contributed by atoms with Crippen molar-refractivity contribution in [3.05, 3.63) is 0 Å². The van der Waals surface area contributed by atoms with Crippen LogP contribution in [0.2, 0.25) is 0 Å². The first-order valence-electron chi connectivity index (χ1n) is 4.56. The monoisotopic (exact) mass is 216 g/mol. The summed E-state index contributed by atoms with van der Waals surface area (Å²) in [4.78, 5) is 25.7. The zero-order valence-corrected chi connectivity index (χ0v) is 8.50. The minimum atomic E-state index is -0.899. The predicted molar refractivity (Wildman–Crippen MR) is 52.2 cm³/mol. The number of thioether (sulfide) groups is 1. The van der Waals surface area contributed by atoms with E-state index in [1.807, 2.05) is 0 Å². The number of carboxylic acids is 1. The van der Waals surface area contributed by atoms with Gasteiger partial charge in [0.25, 0.3) is 0 Å². The first-order valence-corrected chi connectivity index (χ1v) is 5.71. The van der Waals surface area contributed by atoms with E-state index in [2.05, 4.69) is 0 Å². The van der Waals surface area contributed by atoms with Crippen molar-refractivity contribution in [2.24, 2.45) is 0 Å². The summed E-state index contributed by atoms with van der Waals surface area (Å²) in [5.74, 6) is 0.116. The Kier molecular flexibility index (Phi) is 2.54. The Morgan fingerprint density at radius 1 is 1.36 bits per heavy atom. The first-order chi connectivity index (χ1) is 6.70. The van der Waals surface area contributed by atoms with E-state index >= 15 is 0 Å². The molecular weight excluding hydrogens is 204 g/mol. The van der Waals surface area contributed by atoms with Crippen LogP contribution < -0.4 is 0 Å². The molecule has 1 N–H and O–H groups in total. The molecule has 1 unspecified atom stereocenters. The third-order valence-corrected chi connectivity index (χ3v) is 3.55. The Balaban J connectivity index is 2.01. The number of carboxylic acid groups (broad SMARTS) is 1. The highest BCUT2D eigenvalue weighted by Crippen LogP contribution is 2.23. The van der Waals surface area contributed by atoms with Crippen molar-refractivity contribution < 1.29 is 14.7 Å². The molecule has 2 aliphatic heterocycles. The molecule has 2 amide bonds. The van der Waals surface area contributed by atoms with Crippen molar-refractivity contribution in [3.63, 3.8) is 0 Å². The number of likely N-dealkylation sites (tertiary alicyclic amines) is 1. The Morgan fingerprint density at radius 2 is 2.07 bits per heavy atom. The molecule has 2 heterocycles. The molecule has 0 radical (unpaired) electrons. The first kappa shape index (κ1) is 9.64. The van der Waals surface area contributed by atoms with E-state index in [1.165, 1.54) is 16.7 Å². The highest BCUT2D eigenvalue weighted by Gasteiger charge is 2.37. The number of amides is 2. The van der Waals surface area contributed by atoms with Crippen molar-refractivity contribution in [3.8, 4) is 0 Å². The summed E-state index contributed by atoms with van der Waals surface area (Å²) >= 11 is 1.50. The van der Waals surface area contributed by atoms with Gasteiger partial charge >= 0.3 is 12.0 Å². The third kappa shape index (κ3) is 1.54. The SMILES string of the molecule is O=C(O)C1CSCN1C(=O)N1CCC1. The summed E-state index contributed by atoms with van der Waals surface area (Å²) in [6.45, 7) is 1.54. The van der Waals surface area contributed by atoms with Gasteiger partial charge in [0.15, 0.2) is 0 Å². The molecule has 0 aromatic rings. The van der Waals surface area contributed by atoms with E-state index in [0.717, 1.165) is 19.5 Å². The van der Waals surface area contributed by atoms with Crippen LogP contribution in [0.5, 0.6) is 0 Å². The van der Waals surface area contributed by atoms with Crippen molar-refractivity contribution >= 4 is 23.8 Å². The average Bonchev–Trinajstić information content (AvgIpc) is 2.47. The van der Waals surface area contributed by atoms with Gasteiger partial charge in [-0.15, -0.1) is 11.8 Å². The second kappa shape index (κ2) is 3.68. The summed E-state index contributed by atoms with van der Waals surface area (Å²) in [7, 11) is 0. The normalized spacial score (nSPS) is 26.1. The summed E-state index contributed by atoms with van der Waals surface area (Å²) in [5, 5.41) is 8.88. The van der Waals surface area contributed by atoms with Gasteiger partial charge in [0.05, 0.1) is 5.88 Å².